The Morgan fingerprint density at radius 2 is 1.60 bits per heavy atom. The normalized spacial score (nSPS) is 13.0. The van der Waals surface area contributed by atoms with Crippen molar-refractivity contribution in [2.45, 2.75) is 51.2 Å². The van der Waals surface area contributed by atoms with Gasteiger partial charge in [0.05, 0.1) is 16.8 Å². The molecule has 248 valence electrons. The third-order valence-electron chi connectivity index (χ3n) is 5.80. The van der Waals surface area contributed by atoms with Gasteiger partial charge in [0, 0.05) is 23.6 Å². The smallest absolute Gasteiger partial charge is 0.485 e. The molecule has 10 nitrogen and oxygen atoms in total. The molecule has 1 aromatic carbocycles. The molecule has 3 aromatic rings. The lowest BCUT2D eigenvalue weighted by atomic mass is 9.95. The molecule has 0 aliphatic rings. The van der Waals surface area contributed by atoms with Crippen LogP contribution in [-0.2, 0) is 11.4 Å². The molecular formula is C25H22BrF9N4O6. The number of amides is 2. The number of nitrogens with zero attached hydrogens (tertiary/aromatic N) is 2. The summed E-state index contributed by atoms with van der Waals surface area (Å²) >= 11 is 3.23. The number of pyridine rings is 1. The van der Waals surface area contributed by atoms with Crippen molar-refractivity contribution in [1.29, 1.82) is 0 Å². The standard InChI is InChI=1S/C23H21BrF6N4O4.C2HF3O2/c1-11-18(20(35)31-10-22(2,33-21(36)37)5-6-23(28,29)30)34-8-12(24)7-16(19(34)32-11)38-9-13-14(25)3-4-15(26)17(13)27;3-2(4,5)1(6)7/h3-4,7-8,33H,5-6,9-10H2,1-2H3,(H,31,35)(H,36,37);(H,6,7). The monoisotopic (exact) mass is 724 g/mol. The van der Waals surface area contributed by atoms with Gasteiger partial charge in [-0.25, -0.2) is 27.7 Å². The molecule has 0 aliphatic heterocycles. The van der Waals surface area contributed by atoms with E-state index < -0.39 is 84.9 Å². The number of hydrogen-bond donors (Lipinski definition) is 4. The van der Waals surface area contributed by atoms with Crippen LogP contribution in [0.2, 0.25) is 0 Å². The van der Waals surface area contributed by atoms with E-state index in [1.807, 2.05) is 5.32 Å². The fourth-order valence-electron chi connectivity index (χ4n) is 3.66. The van der Waals surface area contributed by atoms with E-state index in [9.17, 15) is 49.1 Å². The summed E-state index contributed by atoms with van der Waals surface area (Å²) < 4.78 is 119. The van der Waals surface area contributed by atoms with Gasteiger partial charge in [0.15, 0.2) is 23.0 Å². The highest BCUT2D eigenvalue weighted by atomic mass is 79.9. The van der Waals surface area contributed by atoms with E-state index >= 15 is 0 Å². The minimum Gasteiger partial charge on any atom is -0.485 e. The maximum atomic E-state index is 14.0. The van der Waals surface area contributed by atoms with Crippen molar-refractivity contribution in [2.24, 2.45) is 0 Å². The molecule has 2 amide bonds. The van der Waals surface area contributed by atoms with Gasteiger partial charge in [-0.1, -0.05) is 0 Å². The van der Waals surface area contributed by atoms with E-state index in [2.05, 4.69) is 26.2 Å². The molecule has 0 fully saturated rings. The number of imidazole rings is 1. The van der Waals surface area contributed by atoms with Crippen LogP contribution in [0.15, 0.2) is 28.9 Å². The maximum Gasteiger partial charge on any atom is 0.490 e. The minimum absolute atomic E-state index is 0.0212. The maximum absolute atomic E-state index is 14.0. The minimum atomic E-state index is -5.08. The Morgan fingerprint density at radius 1 is 1.02 bits per heavy atom. The Morgan fingerprint density at radius 3 is 2.13 bits per heavy atom. The topological polar surface area (TPSA) is 142 Å². The fourth-order valence-corrected chi connectivity index (χ4v) is 4.07. The number of benzene rings is 1. The number of carbonyl (C=O) groups excluding carboxylic acids is 1. The number of aromatic nitrogens is 2. The Balaban J connectivity index is 0.000000900. The molecule has 2 heterocycles. The molecule has 0 radical (unpaired) electrons. The molecule has 0 saturated heterocycles. The summed E-state index contributed by atoms with van der Waals surface area (Å²) in [5, 5.41) is 20.6. The van der Waals surface area contributed by atoms with Gasteiger partial charge in [0.2, 0.25) is 0 Å². The van der Waals surface area contributed by atoms with Crippen LogP contribution in [0.5, 0.6) is 5.75 Å². The summed E-state index contributed by atoms with van der Waals surface area (Å²) in [6.07, 6.45) is -11.7. The number of aliphatic carboxylic acids is 1. The van der Waals surface area contributed by atoms with Crippen LogP contribution < -0.4 is 15.4 Å². The number of carboxylic acid groups (broad SMARTS) is 2. The van der Waals surface area contributed by atoms with Crippen molar-refractivity contribution in [3.05, 3.63) is 63.3 Å². The van der Waals surface area contributed by atoms with Gasteiger partial charge in [-0.3, -0.25) is 9.20 Å². The molecule has 3 rings (SSSR count). The van der Waals surface area contributed by atoms with Crippen molar-refractivity contribution >= 4 is 39.5 Å². The molecule has 0 bridgehead atoms. The molecular weight excluding hydrogens is 703 g/mol. The highest BCUT2D eigenvalue weighted by Crippen LogP contribution is 2.29. The van der Waals surface area contributed by atoms with Crippen LogP contribution in [0.25, 0.3) is 5.65 Å². The van der Waals surface area contributed by atoms with Crippen molar-refractivity contribution in [2.75, 3.05) is 6.54 Å². The summed E-state index contributed by atoms with van der Waals surface area (Å²) in [6.45, 7) is 1.51. The lowest BCUT2D eigenvalue weighted by Crippen LogP contribution is -2.53. The van der Waals surface area contributed by atoms with Crippen molar-refractivity contribution < 1.29 is 68.8 Å². The number of carboxylic acids is 1. The van der Waals surface area contributed by atoms with E-state index in [4.69, 9.17) is 19.7 Å². The predicted molar refractivity (Wildman–Crippen MR) is 139 cm³/mol. The Kier molecular flexibility index (Phi) is 11.7. The van der Waals surface area contributed by atoms with Crippen LogP contribution in [-0.4, -0.2) is 62.0 Å². The van der Waals surface area contributed by atoms with Crippen molar-refractivity contribution in [1.82, 2.24) is 20.0 Å². The molecule has 45 heavy (non-hydrogen) atoms. The molecule has 2 aromatic heterocycles. The van der Waals surface area contributed by atoms with Gasteiger partial charge in [0.25, 0.3) is 5.91 Å². The Hall–Kier alpha value is -4.23. The number of hydrogen-bond acceptors (Lipinski definition) is 5. The zero-order valence-electron chi connectivity index (χ0n) is 22.8. The first-order valence-corrected chi connectivity index (χ1v) is 12.9. The van der Waals surface area contributed by atoms with Crippen LogP contribution in [0.3, 0.4) is 0 Å². The second-order valence-electron chi connectivity index (χ2n) is 9.46. The van der Waals surface area contributed by atoms with Gasteiger partial charge < -0.3 is 25.6 Å². The van der Waals surface area contributed by atoms with Gasteiger partial charge in [0.1, 0.15) is 18.1 Å². The van der Waals surface area contributed by atoms with Crippen LogP contribution in [0.4, 0.5) is 44.3 Å². The highest BCUT2D eigenvalue weighted by molar-refractivity contribution is 9.10. The molecule has 20 heteroatoms. The number of alkyl halides is 6. The number of fused-ring (bicyclic) bond motifs is 1. The number of rotatable bonds is 9. The first-order valence-electron chi connectivity index (χ1n) is 12.1. The van der Waals surface area contributed by atoms with Gasteiger partial charge in [-0.15, -0.1) is 0 Å². The van der Waals surface area contributed by atoms with E-state index in [1.54, 1.807) is 0 Å². The quantitative estimate of drug-likeness (QED) is 0.154. The lowest BCUT2D eigenvalue weighted by molar-refractivity contribution is -0.192. The molecule has 0 aliphatic carbocycles. The van der Waals surface area contributed by atoms with E-state index in [-0.39, 0.29) is 22.8 Å². The third-order valence-corrected chi connectivity index (χ3v) is 6.24. The van der Waals surface area contributed by atoms with Gasteiger partial charge in [-0.2, -0.15) is 26.3 Å². The van der Waals surface area contributed by atoms with Crippen LogP contribution in [0.1, 0.15) is 41.5 Å². The number of halogens is 10. The van der Waals surface area contributed by atoms with Gasteiger partial charge >= 0.3 is 24.4 Å². The fraction of sp³-hybridized carbons (Fsp3) is 0.360. The van der Waals surface area contributed by atoms with Gasteiger partial charge in [-0.05, 0) is 54.4 Å². The first kappa shape index (κ1) is 37.0. The zero-order valence-corrected chi connectivity index (χ0v) is 24.4. The lowest BCUT2D eigenvalue weighted by Gasteiger charge is -2.30. The van der Waals surface area contributed by atoms with E-state index in [0.29, 0.717) is 10.5 Å². The predicted octanol–water partition coefficient (Wildman–Crippen LogP) is 6.13. The van der Waals surface area contributed by atoms with Crippen LogP contribution >= 0.6 is 15.9 Å². The summed E-state index contributed by atoms with van der Waals surface area (Å²) in [6, 6.07) is 2.79. The van der Waals surface area contributed by atoms with Crippen LogP contribution in [0, 0.1) is 24.4 Å². The van der Waals surface area contributed by atoms with Crippen molar-refractivity contribution in [3.63, 3.8) is 0 Å². The average molecular weight is 725 g/mol. The third kappa shape index (κ3) is 10.4. The summed E-state index contributed by atoms with van der Waals surface area (Å²) in [7, 11) is 0. The molecule has 0 saturated carbocycles. The Bertz CT molecular complexity index is 1580. The first-order chi connectivity index (χ1) is 20.5. The molecule has 4 N–H and O–H groups in total. The summed E-state index contributed by atoms with van der Waals surface area (Å²) in [4.78, 5) is 37.3. The average Bonchev–Trinajstić information content (AvgIpc) is 3.23. The largest absolute Gasteiger partial charge is 0.490 e. The molecule has 1 unspecified atom stereocenters. The summed E-state index contributed by atoms with van der Waals surface area (Å²) in [5.74, 6) is -7.27. The van der Waals surface area contributed by atoms with Crippen molar-refractivity contribution in [3.8, 4) is 5.75 Å². The Labute approximate surface area is 255 Å². The molecule has 0 spiro atoms. The van der Waals surface area contributed by atoms with E-state index in [1.165, 1.54) is 30.5 Å². The number of nitrogens with one attached hydrogen (secondary N) is 2. The zero-order chi connectivity index (χ0) is 34.5. The van der Waals surface area contributed by atoms with E-state index in [0.717, 1.165) is 6.07 Å². The summed E-state index contributed by atoms with van der Waals surface area (Å²) in [5.41, 5.74) is -2.14. The second kappa shape index (κ2) is 14.2. The highest BCUT2D eigenvalue weighted by Gasteiger charge is 2.38. The number of aryl methyl sites for hydroxylation is 1. The number of ether oxygens (including phenoxy) is 1. The number of carbonyl (C=O) groups is 3. The SMILES string of the molecule is Cc1nc2c(OCc3c(F)ccc(F)c3F)cc(Br)cn2c1C(=O)NCC(C)(CCC(F)(F)F)NC(=O)O.O=C(O)C(F)(F)F. The molecule has 1 atom stereocenters. The second-order valence-corrected chi connectivity index (χ2v) is 10.4.